The van der Waals surface area contributed by atoms with Gasteiger partial charge in [0.1, 0.15) is 5.82 Å². The first-order valence-corrected chi connectivity index (χ1v) is 13.9. The Morgan fingerprint density at radius 3 is 2.65 bits per heavy atom. The molecule has 0 aliphatic carbocycles. The Bertz CT molecular complexity index is 1630. The van der Waals surface area contributed by atoms with Crippen molar-refractivity contribution in [2.45, 2.75) is 56.5 Å². The van der Waals surface area contributed by atoms with E-state index in [0.717, 1.165) is 12.8 Å². The maximum absolute atomic E-state index is 15.0. The van der Waals surface area contributed by atoms with Crippen LogP contribution in [0.5, 0.6) is 0 Å². The fourth-order valence-corrected chi connectivity index (χ4v) is 5.62. The molecule has 0 radical (unpaired) electrons. The minimum atomic E-state index is -4.95. The van der Waals surface area contributed by atoms with E-state index in [4.69, 9.17) is 9.15 Å². The van der Waals surface area contributed by atoms with Crippen LogP contribution in [0, 0.1) is 10.1 Å². The van der Waals surface area contributed by atoms with Crippen LogP contribution in [-0.2, 0) is 16.9 Å². The first-order chi connectivity index (χ1) is 20.8. The number of ether oxygens (including phenoxy) is 1. The van der Waals surface area contributed by atoms with Crippen molar-refractivity contribution in [2.75, 3.05) is 11.4 Å². The van der Waals surface area contributed by atoms with Crippen LogP contribution in [0.3, 0.4) is 0 Å². The highest BCUT2D eigenvalue weighted by Gasteiger charge is 2.61. The number of nitro groups is 1. The van der Waals surface area contributed by atoms with Crippen molar-refractivity contribution < 1.29 is 27.2 Å². The zero-order chi connectivity index (χ0) is 30.0. The molecular formula is C30H27F3N6O4. The molecule has 0 amide bonds. The Kier molecular flexibility index (Phi) is 7.65. The fourth-order valence-electron chi connectivity index (χ4n) is 5.62. The third-order valence-corrected chi connectivity index (χ3v) is 7.82. The van der Waals surface area contributed by atoms with Crippen molar-refractivity contribution in [1.29, 1.82) is 0 Å². The lowest BCUT2D eigenvalue weighted by atomic mass is 9.95. The molecule has 3 aromatic heterocycles. The van der Waals surface area contributed by atoms with Gasteiger partial charge in [0.2, 0.25) is 11.3 Å². The SMILES string of the molecule is O=[N+]([O-])c1cc(-c2ccncc2)c2nc1-c1nnc(o1)C(OCc1ccccc1)(C(F)(F)F)CCC=CC[C@@H]1CCCN21. The Balaban J connectivity index is 1.54. The van der Waals surface area contributed by atoms with Gasteiger partial charge in [-0.1, -0.05) is 42.5 Å². The molecule has 1 fully saturated rings. The molecule has 0 N–H and O–H groups in total. The molecule has 4 bridgehead atoms. The molecule has 10 nitrogen and oxygen atoms in total. The smallest absolute Gasteiger partial charge is 0.415 e. The zero-order valence-electron chi connectivity index (χ0n) is 22.9. The van der Waals surface area contributed by atoms with Crippen molar-refractivity contribution in [3.63, 3.8) is 0 Å². The average Bonchev–Trinajstić information content (AvgIpc) is 3.68. The molecule has 222 valence electrons. The molecule has 2 aliphatic rings. The van der Waals surface area contributed by atoms with Gasteiger partial charge in [0, 0.05) is 36.6 Å². The van der Waals surface area contributed by atoms with E-state index in [1.165, 1.54) is 6.07 Å². The normalized spacial score (nSPS) is 20.4. The van der Waals surface area contributed by atoms with Crippen LogP contribution in [0.15, 0.2) is 77.5 Å². The Hall–Kier alpha value is -4.65. The number of benzene rings is 1. The maximum atomic E-state index is 15.0. The second-order valence-corrected chi connectivity index (χ2v) is 10.5. The number of aromatic nitrogens is 4. The Morgan fingerprint density at radius 1 is 1.12 bits per heavy atom. The molecule has 13 heteroatoms. The lowest BCUT2D eigenvalue weighted by molar-refractivity contribution is -0.384. The highest BCUT2D eigenvalue weighted by atomic mass is 19.4. The van der Waals surface area contributed by atoms with Gasteiger partial charge in [-0.2, -0.15) is 13.2 Å². The number of fused-ring (bicyclic) bond motifs is 7. The van der Waals surface area contributed by atoms with Gasteiger partial charge in [0.05, 0.1) is 11.5 Å². The van der Waals surface area contributed by atoms with Crippen molar-refractivity contribution in [3.8, 4) is 22.7 Å². The van der Waals surface area contributed by atoms with Crippen LogP contribution in [-0.4, -0.2) is 43.9 Å². The molecule has 1 unspecified atom stereocenters. The minimum Gasteiger partial charge on any atom is -0.415 e. The largest absolute Gasteiger partial charge is 0.426 e. The summed E-state index contributed by atoms with van der Waals surface area (Å²) in [7, 11) is 0. The summed E-state index contributed by atoms with van der Waals surface area (Å²) in [4.78, 5) is 22.4. The van der Waals surface area contributed by atoms with Crippen molar-refractivity contribution in [3.05, 3.63) is 94.6 Å². The minimum absolute atomic E-state index is 0.0125. The second kappa shape index (κ2) is 11.6. The van der Waals surface area contributed by atoms with Gasteiger partial charge in [-0.25, -0.2) is 4.98 Å². The third kappa shape index (κ3) is 5.47. The number of hydrogen-bond donors (Lipinski definition) is 0. The number of rotatable bonds is 5. The van der Waals surface area contributed by atoms with E-state index in [9.17, 15) is 23.3 Å². The predicted octanol–water partition coefficient (Wildman–Crippen LogP) is 6.79. The van der Waals surface area contributed by atoms with Crippen molar-refractivity contribution in [1.82, 2.24) is 20.2 Å². The van der Waals surface area contributed by atoms with Crippen LogP contribution in [0.4, 0.5) is 24.7 Å². The van der Waals surface area contributed by atoms with Crippen molar-refractivity contribution >= 4 is 11.5 Å². The Morgan fingerprint density at radius 2 is 1.91 bits per heavy atom. The van der Waals surface area contributed by atoms with E-state index in [1.54, 1.807) is 60.9 Å². The molecule has 5 heterocycles. The van der Waals surface area contributed by atoms with Gasteiger partial charge in [-0.3, -0.25) is 15.1 Å². The summed E-state index contributed by atoms with van der Waals surface area (Å²) in [6.07, 6.45) is 3.51. The average molecular weight is 593 g/mol. The van der Waals surface area contributed by atoms with Gasteiger partial charge in [0.15, 0.2) is 0 Å². The highest BCUT2D eigenvalue weighted by Crippen LogP contribution is 2.47. The molecular weight excluding hydrogens is 565 g/mol. The number of hydrogen-bond acceptors (Lipinski definition) is 9. The molecule has 0 spiro atoms. The molecule has 6 rings (SSSR count). The molecule has 4 aromatic rings. The monoisotopic (exact) mass is 592 g/mol. The summed E-state index contributed by atoms with van der Waals surface area (Å²) < 4.78 is 56.2. The van der Waals surface area contributed by atoms with Crippen LogP contribution in [0.25, 0.3) is 22.7 Å². The molecule has 0 saturated carbocycles. The Labute approximate surface area is 244 Å². The number of nitrogens with zero attached hydrogens (tertiary/aromatic N) is 6. The number of pyridine rings is 2. The van der Waals surface area contributed by atoms with Crippen LogP contribution in [0.1, 0.15) is 43.6 Å². The zero-order valence-corrected chi connectivity index (χ0v) is 22.9. The number of anilines is 1. The molecule has 2 aliphatic heterocycles. The van der Waals surface area contributed by atoms with Crippen LogP contribution in [0.2, 0.25) is 0 Å². The van der Waals surface area contributed by atoms with E-state index in [-0.39, 0.29) is 24.8 Å². The van der Waals surface area contributed by atoms with Gasteiger partial charge < -0.3 is 14.1 Å². The highest BCUT2D eigenvalue weighted by molar-refractivity contribution is 5.82. The van der Waals surface area contributed by atoms with E-state index >= 15 is 0 Å². The first-order valence-electron chi connectivity index (χ1n) is 13.9. The van der Waals surface area contributed by atoms with E-state index in [1.807, 2.05) is 6.08 Å². The summed E-state index contributed by atoms with van der Waals surface area (Å²) in [5, 5.41) is 19.9. The van der Waals surface area contributed by atoms with E-state index < -0.39 is 40.6 Å². The topological polar surface area (TPSA) is 120 Å². The predicted molar refractivity (Wildman–Crippen MR) is 150 cm³/mol. The summed E-state index contributed by atoms with van der Waals surface area (Å²) in [5.41, 5.74) is -2.07. The fraction of sp³-hybridized carbons (Fsp3) is 0.333. The lowest BCUT2D eigenvalue weighted by Gasteiger charge is -2.32. The third-order valence-electron chi connectivity index (χ3n) is 7.82. The lowest BCUT2D eigenvalue weighted by Crippen LogP contribution is -2.45. The number of halogens is 3. The summed E-state index contributed by atoms with van der Waals surface area (Å²) in [5.74, 6) is -0.891. The van der Waals surface area contributed by atoms with E-state index in [0.29, 0.717) is 35.5 Å². The maximum Gasteiger partial charge on any atom is 0.426 e. The van der Waals surface area contributed by atoms with Crippen LogP contribution < -0.4 is 4.90 Å². The summed E-state index contributed by atoms with van der Waals surface area (Å²) in [6, 6.07) is 13.2. The molecule has 2 atom stereocenters. The number of allylic oxidation sites excluding steroid dienone is 1. The van der Waals surface area contributed by atoms with Crippen LogP contribution >= 0.6 is 0 Å². The molecule has 1 saturated heterocycles. The standard InChI is InChI=1S/C30H27F3N6O4/c31-30(32,33)29(42-19-20-8-3-1-4-9-20)14-6-2-5-10-22-11-7-17-38(22)26-23(21-12-15-34-16-13-21)18-24(39(40)41)25(35-26)27-36-37-28(29)43-27/h1-5,8-9,12-13,15-16,18,22H,6-7,10-11,14,17,19H2/t22-,29?/m1/s1. The van der Waals surface area contributed by atoms with Gasteiger partial charge in [-0.15, -0.1) is 10.2 Å². The summed E-state index contributed by atoms with van der Waals surface area (Å²) >= 11 is 0. The van der Waals surface area contributed by atoms with E-state index in [2.05, 4.69) is 25.1 Å². The van der Waals surface area contributed by atoms with Gasteiger partial charge in [0.25, 0.3) is 11.8 Å². The quantitative estimate of drug-likeness (QED) is 0.140. The second-order valence-electron chi connectivity index (χ2n) is 10.5. The summed E-state index contributed by atoms with van der Waals surface area (Å²) in [6.45, 7) is 0.280. The van der Waals surface area contributed by atoms with Gasteiger partial charge >= 0.3 is 11.9 Å². The molecule has 1 aromatic carbocycles. The number of alkyl halides is 3. The molecule has 43 heavy (non-hydrogen) atoms. The van der Waals surface area contributed by atoms with Gasteiger partial charge in [-0.05, 0) is 55.4 Å². The first kappa shape index (κ1) is 28.5. The van der Waals surface area contributed by atoms with Crippen molar-refractivity contribution in [2.24, 2.45) is 0 Å².